The van der Waals surface area contributed by atoms with Crippen molar-refractivity contribution >= 4 is 22.9 Å². The highest BCUT2D eigenvalue weighted by molar-refractivity contribution is 6.03. The molecule has 2 aromatic carbocycles. The van der Waals surface area contributed by atoms with E-state index in [1.165, 1.54) is 41.0 Å². The van der Waals surface area contributed by atoms with Crippen molar-refractivity contribution in [1.82, 2.24) is 19.1 Å². The van der Waals surface area contributed by atoms with Crippen LogP contribution in [-0.4, -0.2) is 30.8 Å². The minimum atomic E-state index is -0.963. The number of amides is 1. The third kappa shape index (κ3) is 3.55. The molecule has 0 saturated heterocycles. The van der Waals surface area contributed by atoms with Crippen molar-refractivity contribution in [2.24, 2.45) is 5.73 Å². The fourth-order valence-corrected chi connectivity index (χ4v) is 3.49. The molecule has 0 unspecified atom stereocenters. The van der Waals surface area contributed by atoms with Crippen molar-refractivity contribution in [3.8, 4) is 11.4 Å². The van der Waals surface area contributed by atoms with Crippen molar-refractivity contribution in [2.75, 3.05) is 0 Å². The summed E-state index contributed by atoms with van der Waals surface area (Å²) in [6, 6.07) is 10.8. The molecule has 4 rings (SSSR count). The lowest BCUT2D eigenvalue weighted by molar-refractivity contribution is 0.0962. The van der Waals surface area contributed by atoms with Crippen LogP contribution in [0.4, 0.5) is 8.78 Å². The Balaban J connectivity index is 1.96. The van der Waals surface area contributed by atoms with E-state index in [0.29, 0.717) is 0 Å². The first-order valence-electron chi connectivity index (χ1n) is 9.66. The van der Waals surface area contributed by atoms with E-state index in [9.17, 15) is 23.2 Å². The number of carbonyl (C=O) groups excluding carboxylic acids is 2. The van der Waals surface area contributed by atoms with Gasteiger partial charge in [0.15, 0.2) is 22.9 Å². The molecule has 0 aliphatic carbocycles. The second kappa shape index (κ2) is 8.14. The van der Waals surface area contributed by atoms with E-state index in [1.54, 1.807) is 13.0 Å². The van der Waals surface area contributed by atoms with Crippen LogP contribution < -0.4 is 11.4 Å². The molecule has 0 aliphatic heterocycles. The van der Waals surface area contributed by atoms with Crippen LogP contribution >= 0.6 is 0 Å². The first-order valence-corrected chi connectivity index (χ1v) is 9.66. The summed E-state index contributed by atoms with van der Waals surface area (Å²) in [5, 5.41) is 0. The minimum Gasteiger partial charge on any atom is -0.364 e. The SMILES string of the molecule is CCn1c(=O)n(CC(=O)c2ccccc2F)c2c(C(N)=O)nc(-c3cccc(F)c3)nc21. The largest absolute Gasteiger partial charge is 0.364 e. The van der Waals surface area contributed by atoms with Crippen LogP contribution in [0.5, 0.6) is 0 Å². The standard InChI is InChI=1S/C22H17F2N5O3/c1-2-28-21-18(29(22(28)32)11-16(30)14-8-3-4-9-15(14)24)17(19(25)31)26-20(27-21)12-6-5-7-13(23)10-12/h3-10H,2,11H2,1H3,(H2,25,31). The number of carbonyl (C=O) groups is 2. The number of rotatable bonds is 6. The molecular weight excluding hydrogens is 420 g/mol. The highest BCUT2D eigenvalue weighted by Gasteiger charge is 2.25. The number of imidazole rings is 1. The predicted molar refractivity (Wildman–Crippen MR) is 112 cm³/mol. The van der Waals surface area contributed by atoms with Gasteiger partial charge in [0.1, 0.15) is 17.2 Å². The molecule has 2 N–H and O–H groups in total. The molecule has 8 nitrogen and oxygen atoms in total. The molecule has 0 bridgehead atoms. The van der Waals surface area contributed by atoms with Crippen molar-refractivity contribution in [2.45, 2.75) is 20.0 Å². The van der Waals surface area contributed by atoms with E-state index in [4.69, 9.17) is 5.73 Å². The maximum atomic E-state index is 14.1. The third-order valence-corrected chi connectivity index (χ3v) is 4.96. The van der Waals surface area contributed by atoms with Gasteiger partial charge in [-0.1, -0.05) is 24.3 Å². The molecule has 1 amide bonds. The first-order chi connectivity index (χ1) is 15.3. The maximum absolute atomic E-state index is 14.1. The van der Waals surface area contributed by atoms with Gasteiger partial charge in [-0.2, -0.15) is 0 Å². The zero-order valence-electron chi connectivity index (χ0n) is 16.9. The number of ketones is 1. The molecule has 0 radical (unpaired) electrons. The Labute approximate surface area is 179 Å². The number of Topliss-reactive ketones (excluding diaryl/α,β-unsaturated/α-hetero) is 1. The summed E-state index contributed by atoms with van der Waals surface area (Å²) in [4.78, 5) is 46.5. The summed E-state index contributed by atoms with van der Waals surface area (Å²) in [6.07, 6.45) is 0. The molecule has 10 heteroatoms. The number of hydrogen-bond acceptors (Lipinski definition) is 5. The van der Waals surface area contributed by atoms with Crippen LogP contribution in [0.2, 0.25) is 0 Å². The topological polar surface area (TPSA) is 113 Å². The average molecular weight is 437 g/mol. The van der Waals surface area contributed by atoms with Crippen molar-refractivity contribution in [3.63, 3.8) is 0 Å². The Morgan fingerprint density at radius 2 is 1.78 bits per heavy atom. The highest BCUT2D eigenvalue weighted by atomic mass is 19.1. The second-order valence-corrected chi connectivity index (χ2v) is 6.96. The molecule has 0 spiro atoms. The number of nitrogens with zero attached hydrogens (tertiary/aromatic N) is 4. The van der Waals surface area contributed by atoms with Crippen LogP contribution in [0.25, 0.3) is 22.6 Å². The van der Waals surface area contributed by atoms with Gasteiger partial charge in [-0.3, -0.25) is 18.7 Å². The van der Waals surface area contributed by atoms with E-state index >= 15 is 0 Å². The predicted octanol–water partition coefficient (Wildman–Crippen LogP) is 2.54. The molecule has 2 aromatic heterocycles. The minimum absolute atomic E-state index is 0.00872. The van der Waals surface area contributed by atoms with Crippen molar-refractivity contribution < 1.29 is 18.4 Å². The number of primary amides is 1. The summed E-state index contributed by atoms with van der Waals surface area (Å²) in [5.41, 5.74) is 4.66. The Bertz CT molecular complexity index is 1440. The van der Waals surface area contributed by atoms with Gasteiger partial charge in [-0.25, -0.2) is 23.5 Å². The molecule has 162 valence electrons. The van der Waals surface area contributed by atoms with Crippen molar-refractivity contribution in [3.05, 3.63) is 81.9 Å². The summed E-state index contributed by atoms with van der Waals surface area (Å²) < 4.78 is 30.0. The number of benzene rings is 2. The molecular formula is C22H17F2N5O3. The Hall–Kier alpha value is -4.21. The van der Waals surface area contributed by atoms with E-state index in [-0.39, 0.29) is 40.4 Å². The number of fused-ring (bicyclic) bond motifs is 1. The molecule has 2 heterocycles. The first kappa shape index (κ1) is 21.0. The Kier molecular flexibility index (Phi) is 5.35. The molecule has 0 atom stereocenters. The zero-order chi connectivity index (χ0) is 23.0. The lowest BCUT2D eigenvalue weighted by Gasteiger charge is -2.08. The summed E-state index contributed by atoms with van der Waals surface area (Å²) in [6.45, 7) is 1.29. The molecule has 0 fully saturated rings. The van der Waals surface area contributed by atoms with Crippen molar-refractivity contribution in [1.29, 1.82) is 0 Å². The van der Waals surface area contributed by atoms with Gasteiger partial charge < -0.3 is 5.73 Å². The van der Waals surface area contributed by atoms with Crippen LogP contribution in [0.3, 0.4) is 0 Å². The molecule has 0 saturated carbocycles. The number of aromatic nitrogens is 4. The van der Waals surface area contributed by atoms with Crippen LogP contribution in [0.15, 0.2) is 53.3 Å². The van der Waals surface area contributed by atoms with Crippen LogP contribution in [0.1, 0.15) is 27.8 Å². The Morgan fingerprint density at radius 3 is 2.44 bits per heavy atom. The number of halogens is 2. The number of aryl methyl sites for hydroxylation is 1. The van der Waals surface area contributed by atoms with Gasteiger partial charge in [0.25, 0.3) is 5.91 Å². The lowest BCUT2D eigenvalue weighted by atomic mass is 10.1. The van der Waals surface area contributed by atoms with E-state index in [0.717, 1.165) is 10.6 Å². The summed E-state index contributed by atoms with van der Waals surface area (Å²) >= 11 is 0. The average Bonchev–Trinajstić information content (AvgIpc) is 3.03. The van der Waals surface area contributed by atoms with E-state index in [1.807, 2.05) is 0 Å². The van der Waals surface area contributed by atoms with Gasteiger partial charge in [0, 0.05) is 12.1 Å². The second-order valence-electron chi connectivity index (χ2n) is 6.96. The summed E-state index contributed by atoms with van der Waals surface area (Å²) in [5.74, 6) is -2.91. The molecule has 4 aromatic rings. The lowest BCUT2D eigenvalue weighted by Crippen LogP contribution is -2.27. The zero-order valence-corrected chi connectivity index (χ0v) is 16.9. The van der Waals surface area contributed by atoms with Crippen LogP contribution in [-0.2, 0) is 13.1 Å². The number of nitrogens with two attached hydrogens (primary N) is 1. The Morgan fingerprint density at radius 1 is 1.03 bits per heavy atom. The quantitative estimate of drug-likeness (QED) is 0.466. The highest BCUT2D eigenvalue weighted by Crippen LogP contribution is 2.23. The van der Waals surface area contributed by atoms with Gasteiger partial charge in [0.05, 0.1) is 12.1 Å². The fourth-order valence-electron chi connectivity index (χ4n) is 3.49. The van der Waals surface area contributed by atoms with E-state index < -0.39 is 35.6 Å². The normalized spacial score (nSPS) is 11.1. The third-order valence-electron chi connectivity index (χ3n) is 4.96. The number of hydrogen-bond donors (Lipinski definition) is 1. The smallest absolute Gasteiger partial charge is 0.330 e. The van der Waals surface area contributed by atoms with Crippen LogP contribution in [0, 0.1) is 11.6 Å². The molecule has 0 aliphatic rings. The summed E-state index contributed by atoms with van der Waals surface area (Å²) in [7, 11) is 0. The van der Waals surface area contributed by atoms with Gasteiger partial charge in [-0.15, -0.1) is 0 Å². The fraction of sp³-hybridized carbons (Fsp3) is 0.136. The monoisotopic (exact) mass is 437 g/mol. The van der Waals surface area contributed by atoms with E-state index in [2.05, 4.69) is 9.97 Å². The molecule has 32 heavy (non-hydrogen) atoms. The van der Waals surface area contributed by atoms with Gasteiger partial charge in [0.2, 0.25) is 0 Å². The maximum Gasteiger partial charge on any atom is 0.330 e. The van der Waals surface area contributed by atoms with Gasteiger partial charge in [-0.05, 0) is 31.2 Å². The van der Waals surface area contributed by atoms with Gasteiger partial charge >= 0.3 is 5.69 Å².